The van der Waals surface area contributed by atoms with E-state index in [0.29, 0.717) is 6.42 Å². The topological polar surface area (TPSA) is 17.1 Å². The normalized spacial score (nSPS) is 11.5. The molecule has 0 spiro atoms. The lowest BCUT2D eigenvalue weighted by Gasteiger charge is -2.11. The summed E-state index contributed by atoms with van der Waals surface area (Å²) in [5.74, 6) is -0.453. The van der Waals surface area contributed by atoms with Gasteiger partial charge in [0.2, 0.25) is 0 Å². The largest absolute Gasteiger partial charge is 0.417 e. The highest BCUT2D eigenvalue weighted by atomic mass is 19.4. The lowest BCUT2D eigenvalue weighted by Crippen LogP contribution is -2.12. The Labute approximate surface area is 85.9 Å². The summed E-state index contributed by atoms with van der Waals surface area (Å²) < 4.78 is 37.5. The van der Waals surface area contributed by atoms with Gasteiger partial charge in [-0.15, -0.1) is 0 Å². The minimum atomic E-state index is -4.46. The molecule has 82 valence electrons. The van der Waals surface area contributed by atoms with E-state index in [0.717, 1.165) is 6.07 Å². The SMILES string of the molecule is CCCC(=O)c1ccccc1C(F)(F)F. The zero-order chi connectivity index (χ0) is 11.5. The number of carbonyl (C=O) groups is 1. The third-order valence-corrected chi connectivity index (χ3v) is 2.01. The molecule has 1 nitrogen and oxygen atoms in total. The Hall–Kier alpha value is -1.32. The zero-order valence-corrected chi connectivity index (χ0v) is 8.27. The van der Waals surface area contributed by atoms with Crippen molar-refractivity contribution < 1.29 is 18.0 Å². The van der Waals surface area contributed by atoms with Gasteiger partial charge in [0, 0.05) is 12.0 Å². The van der Waals surface area contributed by atoms with Crippen molar-refractivity contribution in [2.24, 2.45) is 0 Å². The van der Waals surface area contributed by atoms with Crippen LogP contribution in [0.25, 0.3) is 0 Å². The number of hydrogen-bond acceptors (Lipinski definition) is 1. The lowest BCUT2D eigenvalue weighted by atomic mass is 10.0. The van der Waals surface area contributed by atoms with Gasteiger partial charge >= 0.3 is 6.18 Å². The second-order valence-corrected chi connectivity index (χ2v) is 3.22. The highest BCUT2D eigenvalue weighted by Crippen LogP contribution is 2.32. The molecule has 0 bridgehead atoms. The molecule has 15 heavy (non-hydrogen) atoms. The number of rotatable bonds is 3. The van der Waals surface area contributed by atoms with Gasteiger partial charge < -0.3 is 0 Å². The molecular weight excluding hydrogens is 205 g/mol. The monoisotopic (exact) mass is 216 g/mol. The molecule has 0 atom stereocenters. The van der Waals surface area contributed by atoms with Crippen molar-refractivity contribution in [3.63, 3.8) is 0 Å². The minimum Gasteiger partial charge on any atom is -0.294 e. The number of halogens is 3. The van der Waals surface area contributed by atoms with Crippen LogP contribution in [-0.2, 0) is 6.18 Å². The van der Waals surface area contributed by atoms with Gasteiger partial charge in [0.05, 0.1) is 5.56 Å². The molecule has 0 fully saturated rings. The molecule has 4 heteroatoms. The highest BCUT2D eigenvalue weighted by Gasteiger charge is 2.34. The van der Waals surface area contributed by atoms with Gasteiger partial charge in [-0.2, -0.15) is 13.2 Å². The third kappa shape index (κ3) is 2.81. The molecule has 0 saturated heterocycles. The van der Waals surface area contributed by atoms with Crippen molar-refractivity contribution >= 4 is 5.78 Å². The first kappa shape index (κ1) is 11.8. The summed E-state index contributed by atoms with van der Waals surface area (Å²) in [6, 6.07) is 4.88. The number of benzene rings is 1. The number of carbonyl (C=O) groups excluding carboxylic acids is 1. The van der Waals surface area contributed by atoms with Crippen LogP contribution < -0.4 is 0 Å². The summed E-state index contributed by atoms with van der Waals surface area (Å²) in [6.07, 6.45) is -3.77. The van der Waals surface area contributed by atoms with Crippen LogP contribution >= 0.6 is 0 Å². The van der Waals surface area contributed by atoms with Crippen LogP contribution in [0, 0.1) is 0 Å². The van der Waals surface area contributed by atoms with Gasteiger partial charge in [0.1, 0.15) is 0 Å². The predicted molar refractivity (Wildman–Crippen MR) is 50.7 cm³/mol. The van der Waals surface area contributed by atoms with E-state index in [2.05, 4.69) is 0 Å². The molecule has 1 aromatic carbocycles. The summed E-state index contributed by atoms with van der Waals surface area (Å²) in [5.41, 5.74) is -1.07. The van der Waals surface area contributed by atoms with Crippen LogP contribution in [0.15, 0.2) is 24.3 Å². The first-order chi connectivity index (χ1) is 6.96. The molecule has 0 aromatic heterocycles. The Morgan fingerprint density at radius 3 is 2.40 bits per heavy atom. The summed E-state index contributed by atoms with van der Waals surface area (Å²) in [7, 11) is 0. The van der Waals surface area contributed by atoms with Crippen LogP contribution in [0.2, 0.25) is 0 Å². The Balaban J connectivity index is 3.12. The number of ketones is 1. The first-order valence-electron chi connectivity index (χ1n) is 4.66. The van der Waals surface area contributed by atoms with E-state index in [9.17, 15) is 18.0 Å². The number of hydrogen-bond donors (Lipinski definition) is 0. The molecule has 0 aliphatic heterocycles. The van der Waals surface area contributed by atoms with Gasteiger partial charge in [-0.3, -0.25) is 4.79 Å². The maximum absolute atomic E-state index is 12.5. The van der Waals surface area contributed by atoms with E-state index in [4.69, 9.17) is 0 Å². The molecule has 0 aliphatic rings. The van der Waals surface area contributed by atoms with Crippen molar-refractivity contribution in [2.75, 3.05) is 0 Å². The fourth-order valence-corrected chi connectivity index (χ4v) is 1.34. The Morgan fingerprint density at radius 2 is 1.87 bits per heavy atom. The Morgan fingerprint density at radius 1 is 1.27 bits per heavy atom. The van der Waals surface area contributed by atoms with Gasteiger partial charge in [0.15, 0.2) is 5.78 Å². The average Bonchev–Trinajstić information content (AvgIpc) is 2.17. The van der Waals surface area contributed by atoms with Crippen LogP contribution in [0.1, 0.15) is 35.7 Å². The van der Waals surface area contributed by atoms with Gasteiger partial charge in [-0.1, -0.05) is 25.1 Å². The summed E-state index contributed by atoms with van der Waals surface area (Å²) in [5, 5.41) is 0. The van der Waals surface area contributed by atoms with Crippen molar-refractivity contribution in [2.45, 2.75) is 25.9 Å². The lowest BCUT2D eigenvalue weighted by molar-refractivity contribution is -0.137. The molecular formula is C11H11F3O. The average molecular weight is 216 g/mol. The molecule has 0 N–H and O–H groups in total. The Kier molecular flexibility index (Phi) is 3.50. The number of Topliss-reactive ketones (excluding diaryl/α,β-unsaturated/α-hetero) is 1. The van der Waals surface area contributed by atoms with E-state index >= 15 is 0 Å². The van der Waals surface area contributed by atoms with Gasteiger partial charge in [-0.25, -0.2) is 0 Å². The van der Waals surface area contributed by atoms with E-state index in [1.54, 1.807) is 6.92 Å². The fourth-order valence-electron chi connectivity index (χ4n) is 1.34. The zero-order valence-electron chi connectivity index (χ0n) is 8.27. The summed E-state index contributed by atoms with van der Waals surface area (Å²) in [6.45, 7) is 1.76. The standard InChI is InChI=1S/C11H11F3O/c1-2-5-10(15)8-6-3-4-7-9(8)11(12,13)14/h3-4,6-7H,2,5H2,1H3. The van der Waals surface area contributed by atoms with Gasteiger partial charge in [0.25, 0.3) is 0 Å². The second kappa shape index (κ2) is 4.47. The van der Waals surface area contributed by atoms with E-state index < -0.39 is 17.5 Å². The van der Waals surface area contributed by atoms with Crippen molar-refractivity contribution in [3.05, 3.63) is 35.4 Å². The first-order valence-corrected chi connectivity index (χ1v) is 4.66. The predicted octanol–water partition coefficient (Wildman–Crippen LogP) is 3.69. The molecule has 0 saturated carbocycles. The van der Waals surface area contributed by atoms with Crippen LogP contribution in [0.3, 0.4) is 0 Å². The smallest absolute Gasteiger partial charge is 0.294 e. The van der Waals surface area contributed by atoms with Crippen molar-refractivity contribution in [1.29, 1.82) is 0 Å². The molecule has 1 rings (SSSR count). The minimum absolute atomic E-state index is 0.146. The van der Waals surface area contributed by atoms with Crippen molar-refractivity contribution in [3.8, 4) is 0 Å². The Bertz CT molecular complexity index is 355. The fraction of sp³-hybridized carbons (Fsp3) is 0.364. The number of alkyl halides is 3. The van der Waals surface area contributed by atoms with Gasteiger partial charge in [-0.05, 0) is 12.5 Å². The highest BCUT2D eigenvalue weighted by molar-refractivity contribution is 5.97. The van der Waals surface area contributed by atoms with E-state index in [-0.39, 0.29) is 12.0 Å². The molecule has 0 heterocycles. The van der Waals surface area contributed by atoms with Crippen molar-refractivity contribution in [1.82, 2.24) is 0 Å². The summed E-state index contributed by atoms with van der Waals surface area (Å²) in [4.78, 5) is 11.4. The van der Waals surface area contributed by atoms with E-state index in [1.165, 1.54) is 18.2 Å². The van der Waals surface area contributed by atoms with Crippen LogP contribution in [-0.4, -0.2) is 5.78 Å². The maximum atomic E-state index is 12.5. The molecule has 1 aromatic rings. The molecule has 0 aliphatic carbocycles. The molecule has 0 radical (unpaired) electrons. The third-order valence-electron chi connectivity index (χ3n) is 2.01. The quantitative estimate of drug-likeness (QED) is 0.704. The van der Waals surface area contributed by atoms with Crippen LogP contribution in [0.5, 0.6) is 0 Å². The molecule has 0 amide bonds. The van der Waals surface area contributed by atoms with Crippen LogP contribution in [0.4, 0.5) is 13.2 Å². The van der Waals surface area contributed by atoms with E-state index in [1.807, 2.05) is 0 Å². The second-order valence-electron chi connectivity index (χ2n) is 3.22. The summed E-state index contributed by atoms with van der Waals surface area (Å²) >= 11 is 0. The molecule has 0 unspecified atom stereocenters. The maximum Gasteiger partial charge on any atom is 0.417 e.